The molecule has 0 aliphatic carbocycles. The molecule has 14 nitrogen and oxygen atoms in total. The molecular formula is C21H25N3O11. The van der Waals surface area contributed by atoms with Gasteiger partial charge < -0.3 is 14.2 Å². The smallest absolute Gasteiger partial charge is 0.417 e. The first-order valence-corrected chi connectivity index (χ1v) is 10.5. The van der Waals surface area contributed by atoms with E-state index in [4.69, 9.17) is 14.2 Å². The summed E-state index contributed by atoms with van der Waals surface area (Å²) in [6.45, 7) is 7.04. The lowest BCUT2D eigenvalue weighted by molar-refractivity contribution is -0.394. The minimum Gasteiger partial charge on any atom is -0.465 e. The van der Waals surface area contributed by atoms with Crippen LogP contribution in [0.3, 0.4) is 0 Å². The molecule has 1 heterocycles. The fraction of sp³-hybridized carbons (Fsp3) is 0.524. The van der Waals surface area contributed by atoms with E-state index in [1.54, 1.807) is 0 Å². The van der Waals surface area contributed by atoms with Crippen molar-refractivity contribution in [3.05, 3.63) is 44.0 Å². The topological polar surface area (TPSA) is 185 Å². The normalized spacial score (nSPS) is 19.7. The molecule has 0 bridgehead atoms. The maximum absolute atomic E-state index is 13.7. The van der Waals surface area contributed by atoms with Crippen molar-refractivity contribution in [2.24, 2.45) is 0 Å². The Morgan fingerprint density at radius 3 is 2.17 bits per heavy atom. The molecule has 0 aromatic heterocycles. The van der Waals surface area contributed by atoms with Crippen LogP contribution < -0.4 is 0 Å². The number of carbonyl (C=O) groups is 4. The highest BCUT2D eigenvalue weighted by Crippen LogP contribution is 2.46. The van der Waals surface area contributed by atoms with Gasteiger partial charge in [-0.05, 0) is 40.7 Å². The molecule has 1 aliphatic rings. The van der Waals surface area contributed by atoms with E-state index in [-0.39, 0.29) is 13.2 Å². The number of likely N-dealkylation sites (tertiary alicyclic amines) is 1. The zero-order valence-electron chi connectivity index (χ0n) is 19.8. The second-order valence-corrected chi connectivity index (χ2v) is 8.47. The standard InChI is InChI=1S/C21H25N3O11/c1-6-33-16(25)15-11-21(18(27)34-7-2,17(26)22(15)19(28)35-20(3,4)5)13-9-8-12(23(29)30)10-14(13)24(31)32/h8-10,15H,6-7,11H2,1-5H3/t15-,21+/m0/s1. The molecule has 0 unspecified atom stereocenters. The molecule has 14 heteroatoms. The Labute approximate surface area is 199 Å². The maximum Gasteiger partial charge on any atom is 0.417 e. The molecule has 2 rings (SSSR count). The number of ether oxygens (including phenoxy) is 3. The number of nitro benzene ring substituents is 2. The van der Waals surface area contributed by atoms with Crippen LogP contribution in [0.15, 0.2) is 18.2 Å². The van der Waals surface area contributed by atoms with Gasteiger partial charge in [0.2, 0.25) is 0 Å². The molecule has 1 aromatic rings. The first kappa shape index (κ1) is 27.1. The zero-order chi connectivity index (χ0) is 26.7. The van der Waals surface area contributed by atoms with Gasteiger partial charge in [0.1, 0.15) is 11.6 Å². The second-order valence-electron chi connectivity index (χ2n) is 8.47. The van der Waals surface area contributed by atoms with Crippen molar-refractivity contribution in [1.29, 1.82) is 0 Å². The van der Waals surface area contributed by atoms with E-state index in [9.17, 15) is 39.4 Å². The summed E-state index contributed by atoms with van der Waals surface area (Å²) in [4.78, 5) is 74.1. The molecule has 2 atom stereocenters. The van der Waals surface area contributed by atoms with E-state index in [0.717, 1.165) is 12.1 Å². The number of non-ortho nitro benzene ring substituents is 1. The van der Waals surface area contributed by atoms with Gasteiger partial charge in [-0.2, -0.15) is 0 Å². The first-order valence-electron chi connectivity index (χ1n) is 10.5. The fourth-order valence-corrected chi connectivity index (χ4v) is 3.67. The summed E-state index contributed by atoms with van der Waals surface area (Å²) in [7, 11) is 0. The number of carbonyl (C=O) groups excluding carboxylic acids is 4. The summed E-state index contributed by atoms with van der Waals surface area (Å²) in [5.74, 6) is -3.65. The highest BCUT2D eigenvalue weighted by atomic mass is 16.6. The van der Waals surface area contributed by atoms with Gasteiger partial charge in [-0.3, -0.25) is 29.8 Å². The van der Waals surface area contributed by atoms with Crippen molar-refractivity contribution in [2.45, 2.75) is 58.1 Å². The van der Waals surface area contributed by atoms with Gasteiger partial charge >= 0.3 is 18.0 Å². The fourth-order valence-electron chi connectivity index (χ4n) is 3.67. The van der Waals surface area contributed by atoms with Crippen LogP contribution in [-0.2, 0) is 34.0 Å². The van der Waals surface area contributed by atoms with Crippen LogP contribution in [0, 0.1) is 20.2 Å². The minimum absolute atomic E-state index is 0.129. The van der Waals surface area contributed by atoms with Gasteiger partial charge in [0.05, 0.1) is 34.7 Å². The second kappa shape index (κ2) is 10.0. The van der Waals surface area contributed by atoms with Gasteiger partial charge in [0.25, 0.3) is 17.3 Å². The molecule has 1 fully saturated rings. The van der Waals surface area contributed by atoms with Crippen LogP contribution in [0.25, 0.3) is 0 Å². The molecule has 0 spiro atoms. The van der Waals surface area contributed by atoms with Gasteiger partial charge in [0.15, 0.2) is 5.41 Å². The number of benzene rings is 1. The van der Waals surface area contributed by atoms with E-state index in [1.807, 2.05) is 0 Å². The summed E-state index contributed by atoms with van der Waals surface area (Å²) in [5.41, 5.74) is -5.84. The molecule has 1 aromatic carbocycles. The van der Waals surface area contributed by atoms with Gasteiger partial charge in [-0.25, -0.2) is 14.5 Å². The third-order valence-corrected chi connectivity index (χ3v) is 5.02. The van der Waals surface area contributed by atoms with Crippen LogP contribution in [0.5, 0.6) is 0 Å². The lowest BCUT2D eigenvalue weighted by Gasteiger charge is -2.27. The number of hydrogen-bond acceptors (Lipinski definition) is 11. The summed E-state index contributed by atoms with van der Waals surface area (Å²) in [6.07, 6.45) is -2.04. The molecule has 0 saturated carbocycles. The van der Waals surface area contributed by atoms with E-state index in [1.165, 1.54) is 34.6 Å². The zero-order valence-corrected chi connectivity index (χ0v) is 19.8. The van der Waals surface area contributed by atoms with E-state index in [2.05, 4.69) is 0 Å². The van der Waals surface area contributed by atoms with E-state index >= 15 is 0 Å². The highest BCUT2D eigenvalue weighted by molar-refractivity contribution is 6.17. The van der Waals surface area contributed by atoms with Crippen molar-refractivity contribution in [3.8, 4) is 0 Å². The summed E-state index contributed by atoms with van der Waals surface area (Å²) in [6, 6.07) is 0.633. The molecular weight excluding hydrogens is 470 g/mol. The Balaban J connectivity index is 2.84. The lowest BCUT2D eigenvalue weighted by atomic mass is 9.76. The number of imide groups is 1. The van der Waals surface area contributed by atoms with Crippen molar-refractivity contribution < 1.29 is 43.2 Å². The number of amides is 2. The number of nitrogens with zero attached hydrogens (tertiary/aromatic N) is 3. The molecule has 2 amide bonds. The van der Waals surface area contributed by atoms with Gasteiger partial charge in [-0.15, -0.1) is 0 Å². The quantitative estimate of drug-likeness (QED) is 0.178. The SMILES string of the molecule is CCOC(=O)[C@@H]1C[C@@](C(=O)OCC)(c2ccc([N+](=O)[O-])cc2[N+](=O)[O-])C(=O)N1C(=O)OC(C)(C)C. The third kappa shape index (κ3) is 5.20. The predicted octanol–water partition coefficient (Wildman–Crippen LogP) is 2.40. The van der Waals surface area contributed by atoms with Crippen LogP contribution >= 0.6 is 0 Å². The third-order valence-electron chi connectivity index (χ3n) is 5.02. The summed E-state index contributed by atoms with van der Waals surface area (Å²) >= 11 is 0. The Bertz CT molecular complexity index is 1080. The highest BCUT2D eigenvalue weighted by Gasteiger charge is 2.65. The van der Waals surface area contributed by atoms with Crippen molar-refractivity contribution in [3.63, 3.8) is 0 Å². The van der Waals surface area contributed by atoms with Crippen molar-refractivity contribution in [2.75, 3.05) is 13.2 Å². The Hall–Kier alpha value is -4.10. The Kier molecular flexibility index (Phi) is 7.78. The Morgan fingerprint density at radius 1 is 1.09 bits per heavy atom. The van der Waals surface area contributed by atoms with Gasteiger partial charge in [-0.1, -0.05) is 0 Å². The summed E-state index contributed by atoms with van der Waals surface area (Å²) in [5, 5.41) is 23.0. The number of rotatable bonds is 7. The monoisotopic (exact) mass is 495 g/mol. The molecule has 0 radical (unpaired) electrons. The minimum atomic E-state index is -2.55. The maximum atomic E-state index is 13.7. The number of hydrogen-bond donors (Lipinski definition) is 0. The molecule has 1 saturated heterocycles. The van der Waals surface area contributed by atoms with E-state index < -0.39 is 74.2 Å². The van der Waals surface area contributed by atoms with Crippen LogP contribution in [0.4, 0.5) is 16.2 Å². The van der Waals surface area contributed by atoms with Crippen LogP contribution in [0.1, 0.15) is 46.6 Å². The average Bonchev–Trinajstić information content (AvgIpc) is 3.06. The van der Waals surface area contributed by atoms with Crippen LogP contribution in [-0.4, -0.2) is 63.5 Å². The average molecular weight is 495 g/mol. The molecule has 0 N–H and O–H groups in total. The van der Waals surface area contributed by atoms with Crippen molar-refractivity contribution >= 4 is 35.3 Å². The van der Waals surface area contributed by atoms with Crippen LogP contribution in [0.2, 0.25) is 0 Å². The number of nitro groups is 2. The molecule has 190 valence electrons. The first-order chi connectivity index (χ1) is 16.2. The molecule has 1 aliphatic heterocycles. The summed E-state index contributed by atoms with van der Waals surface area (Å²) < 4.78 is 15.2. The Morgan fingerprint density at radius 2 is 1.69 bits per heavy atom. The number of esters is 2. The van der Waals surface area contributed by atoms with E-state index in [0.29, 0.717) is 11.0 Å². The largest absolute Gasteiger partial charge is 0.465 e. The lowest BCUT2D eigenvalue weighted by Crippen LogP contribution is -2.49. The van der Waals surface area contributed by atoms with Crippen molar-refractivity contribution in [1.82, 2.24) is 4.90 Å². The predicted molar refractivity (Wildman–Crippen MR) is 116 cm³/mol. The molecule has 35 heavy (non-hydrogen) atoms. The van der Waals surface area contributed by atoms with Gasteiger partial charge in [0, 0.05) is 12.5 Å².